The maximum Gasteiger partial charge on any atom is 0.337 e. The van der Waals surface area contributed by atoms with Crippen molar-refractivity contribution in [3.8, 4) is 0 Å². The zero-order valence-electron chi connectivity index (χ0n) is 11.9. The van der Waals surface area contributed by atoms with Crippen LogP contribution in [0.25, 0.3) is 12.2 Å². The van der Waals surface area contributed by atoms with Gasteiger partial charge in [-0.05, 0) is 35.4 Å². The van der Waals surface area contributed by atoms with Crippen molar-refractivity contribution in [1.29, 1.82) is 0 Å². The van der Waals surface area contributed by atoms with Crippen LogP contribution in [0.2, 0.25) is 0 Å². The van der Waals surface area contributed by atoms with Crippen molar-refractivity contribution in [3.05, 3.63) is 65.2 Å². The lowest BCUT2D eigenvalue weighted by Gasteiger charge is -2.00. The molecule has 0 radical (unpaired) electrons. The largest absolute Gasteiger partial charge is 0.465 e. The second-order valence-corrected chi connectivity index (χ2v) is 6.12. The molecule has 0 aliphatic heterocycles. The SMILES string of the molecule is COC(=O)c1ccc(/C=C/c2ccc(S(N)(=O)=O)cc2)cc1. The third-order valence-electron chi connectivity index (χ3n) is 3.01. The molecule has 0 atom stereocenters. The van der Waals surface area contributed by atoms with Gasteiger partial charge in [0.2, 0.25) is 10.0 Å². The van der Waals surface area contributed by atoms with E-state index in [0.717, 1.165) is 11.1 Å². The van der Waals surface area contributed by atoms with Crippen LogP contribution in [0.1, 0.15) is 21.5 Å². The smallest absolute Gasteiger partial charge is 0.337 e. The van der Waals surface area contributed by atoms with Crippen molar-refractivity contribution in [1.82, 2.24) is 0 Å². The summed E-state index contributed by atoms with van der Waals surface area (Å²) < 4.78 is 26.9. The molecule has 2 rings (SSSR count). The van der Waals surface area contributed by atoms with E-state index in [-0.39, 0.29) is 10.9 Å². The molecular weight excluding hydrogens is 302 g/mol. The van der Waals surface area contributed by atoms with E-state index < -0.39 is 10.0 Å². The molecule has 0 saturated heterocycles. The van der Waals surface area contributed by atoms with E-state index in [9.17, 15) is 13.2 Å². The summed E-state index contributed by atoms with van der Waals surface area (Å²) in [5, 5.41) is 5.04. The van der Waals surface area contributed by atoms with Crippen LogP contribution in [-0.4, -0.2) is 21.5 Å². The highest BCUT2D eigenvalue weighted by Gasteiger charge is 2.06. The number of carbonyl (C=O) groups is 1. The van der Waals surface area contributed by atoms with E-state index in [1.807, 2.05) is 12.2 Å². The maximum absolute atomic E-state index is 11.3. The van der Waals surface area contributed by atoms with Crippen LogP contribution in [0.15, 0.2) is 53.4 Å². The molecule has 6 heteroatoms. The normalized spacial score (nSPS) is 11.5. The molecule has 0 aromatic heterocycles. The Labute approximate surface area is 129 Å². The average Bonchev–Trinajstić information content (AvgIpc) is 2.52. The van der Waals surface area contributed by atoms with Gasteiger partial charge in [0.1, 0.15) is 0 Å². The lowest BCUT2D eigenvalue weighted by molar-refractivity contribution is 0.0600. The number of carbonyl (C=O) groups excluding carboxylic acids is 1. The van der Waals surface area contributed by atoms with Gasteiger partial charge in [-0.15, -0.1) is 0 Å². The van der Waals surface area contributed by atoms with Crippen molar-refractivity contribution in [2.24, 2.45) is 5.14 Å². The monoisotopic (exact) mass is 317 g/mol. The van der Waals surface area contributed by atoms with Gasteiger partial charge in [0, 0.05) is 0 Å². The summed E-state index contributed by atoms with van der Waals surface area (Å²) in [4.78, 5) is 11.4. The molecule has 0 aliphatic carbocycles. The molecule has 0 amide bonds. The molecule has 2 N–H and O–H groups in total. The molecule has 2 aromatic carbocycles. The summed E-state index contributed by atoms with van der Waals surface area (Å²) in [6.45, 7) is 0. The Bertz CT molecular complexity index is 791. The topological polar surface area (TPSA) is 86.5 Å². The fourth-order valence-electron chi connectivity index (χ4n) is 1.81. The van der Waals surface area contributed by atoms with Crippen LogP contribution in [0, 0.1) is 0 Å². The molecule has 0 fully saturated rings. The maximum atomic E-state index is 11.3. The number of primary sulfonamides is 1. The fourth-order valence-corrected chi connectivity index (χ4v) is 2.32. The Hall–Kier alpha value is -2.44. The quantitative estimate of drug-likeness (QED) is 0.692. The third-order valence-corrected chi connectivity index (χ3v) is 3.94. The highest BCUT2D eigenvalue weighted by molar-refractivity contribution is 7.89. The Morgan fingerprint density at radius 2 is 1.41 bits per heavy atom. The van der Waals surface area contributed by atoms with Crippen molar-refractivity contribution in [2.45, 2.75) is 4.90 Å². The lowest BCUT2D eigenvalue weighted by Crippen LogP contribution is -2.11. The molecule has 0 saturated carbocycles. The van der Waals surface area contributed by atoms with Crippen molar-refractivity contribution >= 4 is 28.1 Å². The van der Waals surface area contributed by atoms with Crippen LogP contribution in [0.4, 0.5) is 0 Å². The molecule has 5 nitrogen and oxygen atoms in total. The minimum absolute atomic E-state index is 0.0760. The predicted octanol–water partition coefficient (Wildman–Crippen LogP) is 2.29. The number of rotatable bonds is 4. The number of hydrogen-bond acceptors (Lipinski definition) is 4. The molecule has 0 spiro atoms. The third kappa shape index (κ3) is 4.03. The minimum Gasteiger partial charge on any atom is -0.465 e. The summed E-state index contributed by atoms with van der Waals surface area (Å²) in [7, 11) is -2.34. The first-order valence-corrected chi connectivity index (χ1v) is 7.94. The van der Waals surface area contributed by atoms with Gasteiger partial charge in [0.15, 0.2) is 0 Å². The standard InChI is InChI=1S/C16H15NO4S/c1-21-16(18)14-8-4-12(5-9-14)2-3-13-6-10-15(11-7-13)22(17,19)20/h2-11H,1H3,(H2,17,19,20)/b3-2+. The highest BCUT2D eigenvalue weighted by atomic mass is 32.2. The van der Waals surface area contributed by atoms with E-state index >= 15 is 0 Å². The number of sulfonamides is 1. The molecule has 2 aromatic rings. The Morgan fingerprint density at radius 3 is 1.82 bits per heavy atom. The number of nitrogens with two attached hydrogens (primary N) is 1. The molecule has 0 bridgehead atoms. The van der Waals surface area contributed by atoms with Gasteiger partial charge >= 0.3 is 5.97 Å². The number of benzene rings is 2. The lowest BCUT2D eigenvalue weighted by atomic mass is 10.1. The minimum atomic E-state index is -3.67. The molecule has 0 aliphatic rings. The van der Waals surface area contributed by atoms with Gasteiger partial charge in [-0.1, -0.05) is 36.4 Å². The van der Waals surface area contributed by atoms with Crippen LogP contribution in [-0.2, 0) is 14.8 Å². The first-order chi connectivity index (χ1) is 10.4. The first kappa shape index (κ1) is 15.9. The first-order valence-electron chi connectivity index (χ1n) is 6.39. The van der Waals surface area contributed by atoms with E-state index in [2.05, 4.69) is 4.74 Å². The van der Waals surface area contributed by atoms with Gasteiger partial charge in [0.25, 0.3) is 0 Å². The predicted molar refractivity (Wildman–Crippen MR) is 84.5 cm³/mol. The Balaban J connectivity index is 2.13. The molecule has 0 heterocycles. The molecule has 114 valence electrons. The fraction of sp³-hybridized carbons (Fsp3) is 0.0625. The molecule has 22 heavy (non-hydrogen) atoms. The van der Waals surface area contributed by atoms with Gasteiger partial charge in [0.05, 0.1) is 17.6 Å². The van der Waals surface area contributed by atoms with Crippen molar-refractivity contribution < 1.29 is 17.9 Å². The number of esters is 1. The zero-order chi connectivity index (χ0) is 16.2. The second-order valence-electron chi connectivity index (χ2n) is 4.56. The van der Waals surface area contributed by atoms with Crippen LogP contribution < -0.4 is 5.14 Å². The van der Waals surface area contributed by atoms with Crippen LogP contribution in [0.3, 0.4) is 0 Å². The van der Waals surface area contributed by atoms with E-state index in [1.54, 1.807) is 36.4 Å². The summed E-state index contributed by atoms with van der Waals surface area (Å²) in [6, 6.07) is 13.2. The Kier molecular flexibility index (Phi) is 4.75. The summed E-state index contributed by atoms with van der Waals surface area (Å²) in [5.74, 6) is -0.380. The van der Waals surface area contributed by atoms with Gasteiger partial charge in [-0.25, -0.2) is 18.4 Å². The van der Waals surface area contributed by atoms with Crippen LogP contribution >= 0.6 is 0 Å². The summed E-state index contributed by atoms with van der Waals surface area (Å²) in [6.07, 6.45) is 3.69. The summed E-state index contributed by atoms with van der Waals surface area (Å²) >= 11 is 0. The summed E-state index contributed by atoms with van der Waals surface area (Å²) in [5.41, 5.74) is 2.23. The number of hydrogen-bond donors (Lipinski definition) is 1. The van der Waals surface area contributed by atoms with Gasteiger partial charge in [-0.3, -0.25) is 0 Å². The van der Waals surface area contributed by atoms with Crippen LogP contribution in [0.5, 0.6) is 0 Å². The number of ether oxygens (including phenoxy) is 1. The van der Waals surface area contributed by atoms with Crippen molar-refractivity contribution in [2.75, 3.05) is 7.11 Å². The van der Waals surface area contributed by atoms with Crippen molar-refractivity contribution in [3.63, 3.8) is 0 Å². The van der Waals surface area contributed by atoms with E-state index in [1.165, 1.54) is 19.2 Å². The van der Waals surface area contributed by atoms with E-state index in [0.29, 0.717) is 5.56 Å². The average molecular weight is 317 g/mol. The molecular formula is C16H15NO4S. The molecule has 0 unspecified atom stereocenters. The second kappa shape index (κ2) is 6.55. The van der Waals surface area contributed by atoms with Gasteiger partial charge < -0.3 is 4.74 Å². The van der Waals surface area contributed by atoms with Gasteiger partial charge in [-0.2, -0.15) is 0 Å². The highest BCUT2D eigenvalue weighted by Crippen LogP contribution is 2.13. The van der Waals surface area contributed by atoms with E-state index in [4.69, 9.17) is 5.14 Å². The number of methoxy groups -OCH3 is 1. The zero-order valence-corrected chi connectivity index (χ0v) is 12.7. The Morgan fingerprint density at radius 1 is 0.955 bits per heavy atom.